The van der Waals surface area contributed by atoms with Crippen molar-refractivity contribution in [3.05, 3.63) is 72.3 Å². The van der Waals surface area contributed by atoms with E-state index in [2.05, 4.69) is 41.2 Å². The summed E-state index contributed by atoms with van der Waals surface area (Å²) < 4.78 is 11.4. The summed E-state index contributed by atoms with van der Waals surface area (Å²) >= 11 is 2.80. The molecule has 24 nitrogen and oxygen atoms in total. The Morgan fingerprint density at radius 2 is 1.00 bits per heavy atom. The SMILES string of the molecule is CSCSC[C@H]1C(=O)N(C)[C@@H](C(C)C)C(=O)OC[C@@H](NC(=O)c2cnc3ccccc3n2)C(=O)N[C@@H](C)C(=O)N(C)[C@@H](C)C(=O)N(C)[C@@H](C(C)C)C(=O)OC[C@@H](NC(=O)c2cnc3ccccc3n2)C(=O)N[C@@H](C)C(=O)N1C. The molecule has 0 bridgehead atoms. The Morgan fingerprint density at radius 3 is 1.41 bits per heavy atom. The molecule has 0 radical (unpaired) electrons. The zero-order chi connectivity index (χ0) is 57.7. The van der Waals surface area contributed by atoms with Crippen LogP contribution < -0.4 is 21.3 Å². The molecule has 3 heterocycles. The summed E-state index contributed by atoms with van der Waals surface area (Å²) in [5.41, 5.74) is 1.37. The molecule has 78 heavy (non-hydrogen) atoms. The first-order chi connectivity index (χ1) is 36.9. The number of cyclic esters (lactones) is 2. The predicted molar refractivity (Wildman–Crippen MR) is 291 cm³/mol. The van der Waals surface area contributed by atoms with Crippen LogP contribution in [-0.4, -0.2) is 206 Å². The van der Waals surface area contributed by atoms with Crippen molar-refractivity contribution in [1.82, 2.24) is 60.8 Å². The maximum absolute atomic E-state index is 14.7. The summed E-state index contributed by atoms with van der Waals surface area (Å²) in [6, 6.07) is 2.34. The van der Waals surface area contributed by atoms with E-state index in [4.69, 9.17) is 9.47 Å². The summed E-state index contributed by atoms with van der Waals surface area (Å²) in [5.74, 6) is -9.80. The van der Waals surface area contributed by atoms with Gasteiger partial charge in [0.25, 0.3) is 11.8 Å². The lowest BCUT2D eigenvalue weighted by Crippen LogP contribution is -2.60. The number of carbonyl (C=O) groups is 10. The molecule has 4 aromatic rings. The lowest BCUT2D eigenvalue weighted by atomic mass is 10.0. The van der Waals surface area contributed by atoms with Crippen molar-refractivity contribution in [3.63, 3.8) is 0 Å². The molecule has 2 aromatic carbocycles. The van der Waals surface area contributed by atoms with Gasteiger partial charge >= 0.3 is 11.9 Å². The molecule has 4 N–H and O–H groups in total. The van der Waals surface area contributed by atoms with E-state index in [1.807, 2.05) is 6.26 Å². The number of nitrogens with one attached hydrogen (secondary N) is 4. The van der Waals surface area contributed by atoms with E-state index in [0.29, 0.717) is 27.2 Å². The number of benzene rings is 2. The Kier molecular flexibility index (Phi) is 21.8. The van der Waals surface area contributed by atoms with Crippen LogP contribution in [0.3, 0.4) is 0 Å². The first-order valence-corrected chi connectivity index (χ1v) is 27.6. The predicted octanol–water partition coefficient (Wildman–Crippen LogP) is 1.27. The van der Waals surface area contributed by atoms with Gasteiger partial charge in [0.2, 0.25) is 35.4 Å². The molecule has 2 aromatic heterocycles. The van der Waals surface area contributed by atoms with Crippen LogP contribution in [-0.2, 0) is 47.8 Å². The molecule has 5 rings (SSSR count). The number of para-hydroxylation sites is 4. The van der Waals surface area contributed by atoms with Crippen LogP contribution in [0.25, 0.3) is 22.1 Å². The van der Waals surface area contributed by atoms with E-state index in [9.17, 15) is 47.9 Å². The van der Waals surface area contributed by atoms with Gasteiger partial charge in [-0.2, -0.15) is 11.8 Å². The van der Waals surface area contributed by atoms with Gasteiger partial charge in [0.1, 0.15) is 72.9 Å². The summed E-state index contributed by atoms with van der Waals surface area (Å²) in [6.45, 7) is 9.07. The third-order valence-electron chi connectivity index (χ3n) is 13.0. The highest BCUT2D eigenvalue weighted by molar-refractivity contribution is 8.15. The van der Waals surface area contributed by atoms with Gasteiger partial charge in [0.05, 0.1) is 34.5 Å². The van der Waals surface area contributed by atoms with Crippen LogP contribution in [0.15, 0.2) is 60.9 Å². The molecular formula is C52H68N12O12S2. The number of ether oxygens (including phenoxy) is 2. The molecule has 1 fully saturated rings. The number of hydrogen-bond acceptors (Lipinski definition) is 18. The topological polar surface area (TPSA) is 302 Å². The fourth-order valence-electron chi connectivity index (χ4n) is 8.49. The average Bonchev–Trinajstić information content (AvgIpc) is 3.42. The lowest BCUT2D eigenvalue weighted by Gasteiger charge is -2.36. The van der Waals surface area contributed by atoms with E-state index in [1.165, 1.54) is 84.9 Å². The number of hydrogen-bond donors (Lipinski definition) is 4. The monoisotopic (exact) mass is 1120 g/mol. The number of likely N-dealkylation sites (N-methyl/N-ethyl adjacent to an activating group) is 4. The minimum Gasteiger partial charge on any atom is -0.461 e. The lowest BCUT2D eigenvalue weighted by molar-refractivity contribution is -0.160. The van der Waals surface area contributed by atoms with Gasteiger partial charge < -0.3 is 50.3 Å². The summed E-state index contributed by atoms with van der Waals surface area (Å²) in [5, 5.41) is 10.7. The number of rotatable bonds is 10. The molecule has 0 spiro atoms. The van der Waals surface area contributed by atoms with Gasteiger partial charge in [-0.05, 0) is 63.1 Å². The molecule has 1 saturated heterocycles. The van der Waals surface area contributed by atoms with E-state index in [0.717, 1.165) is 19.6 Å². The summed E-state index contributed by atoms with van der Waals surface area (Å²) in [6.07, 6.45) is 4.25. The molecule has 8 atom stereocenters. The minimum atomic E-state index is -1.67. The van der Waals surface area contributed by atoms with Gasteiger partial charge in [-0.1, -0.05) is 52.0 Å². The number of aromatic nitrogens is 4. The number of nitrogens with zero attached hydrogens (tertiary/aromatic N) is 8. The first-order valence-electron chi connectivity index (χ1n) is 25.0. The van der Waals surface area contributed by atoms with Crippen LogP contribution in [0.5, 0.6) is 0 Å². The largest absolute Gasteiger partial charge is 0.461 e. The van der Waals surface area contributed by atoms with Crippen molar-refractivity contribution >= 4 is 105 Å². The molecule has 420 valence electrons. The molecule has 0 aliphatic carbocycles. The molecule has 26 heteroatoms. The second-order valence-electron chi connectivity index (χ2n) is 19.4. The summed E-state index contributed by atoms with van der Waals surface area (Å²) in [7, 11) is 5.35. The van der Waals surface area contributed by atoms with Crippen LogP contribution in [0, 0.1) is 11.8 Å². The quantitative estimate of drug-likeness (QED) is 0.0988. The smallest absolute Gasteiger partial charge is 0.329 e. The fourth-order valence-corrected chi connectivity index (χ4v) is 10.1. The van der Waals surface area contributed by atoms with Crippen LogP contribution >= 0.6 is 23.5 Å². The molecule has 1 aliphatic heterocycles. The van der Waals surface area contributed by atoms with E-state index < -0.39 is 133 Å². The Bertz CT molecular complexity index is 2900. The third kappa shape index (κ3) is 15.2. The van der Waals surface area contributed by atoms with Crippen molar-refractivity contribution in [1.29, 1.82) is 0 Å². The zero-order valence-corrected chi connectivity index (χ0v) is 47.3. The van der Waals surface area contributed by atoms with Gasteiger partial charge in [-0.15, -0.1) is 11.8 Å². The van der Waals surface area contributed by atoms with Crippen LogP contribution in [0.1, 0.15) is 69.4 Å². The highest BCUT2D eigenvalue weighted by atomic mass is 32.2. The number of esters is 2. The number of amides is 8. The molecular weight excluding hydrogens is 1050 g/mol. The molecule has 0 unspecified atom stereocenters. The minimum absolute atomic E-state index is 0.0407. The first kappa shape index (κ1) is 61.4. The van der Waals surface area contributed by atoms with Crippen molar-refractivity contribution in [2.24, 2.45) is 11.8 Å². The Hall–Kier alpha value is -7.48. The Labute approximate surface area is 460 Å². The highest BCUT2D eigenvalue weighted by Gasteiger charge is 2.41. The third-order valence-corrected chi connectivity index (χ3v) is 15.1. The highest BCUT2D eigenvalue weighted by Crippen LogP contribution is 2.21. The van der Waals surface area contributed by atoms with Gasteiger partial charge in [0, 0.05) is 39.0 Å². The molecule has 8 amide bonds. The normalized spacial score (nSPS) is 23.6. The van der Waals surface area contributed by atoms with Gasteiger partial charge in [-0.25, -0.2) is 19.6 Å². The standard InChI is InChI=1S/C52H68N12O12S2/c1-27(2)41-51(73)75-23-39(60-44(66)37-22-54-33-18-14-16-20-35(33)58-37)46(68)56-30(6)48(70)62(9)40(25-78-26-77-12)50(72)64(11)42(28(3)4)52(74)76-24-38(59-43(65)36-21-53-32-17-13-15-19-34(32)57-36)45(67)55-29(5)47(69)61(8)31(7)49(71)63(41)10/h13-22,27-31,38-42H,23-26H2,1-12H3,(H,55,67)(H,56,68)(H,59,65)(H,60,66)/t29-,30-,31-,38+,39+,40-,41-,42-/m0/s1. The van der Waals surface area contributed by atoms with Crippen molar-refractivity contribution in [2.45, 2.75) is 96.8 Å². The maximum Gasteiger partial charge on any atom is 0.329 e. The van der Waals surface area contributed by atoms with Crippen molar-refractivity contribution in [2.75, 3.05) is 58.5 Å². The maximum atomic E-state index is 14.7. The number of fused-ring (bicyclic) bond motifs is 2. The molecule has 0 saturated carbocycles. The number of thioether (sulfide) groups is 2. The molecule has 1 aliphatic rings. The van der Waals surface area contributed by atoms with Crippen molar-refractivity contribution in [3.8, 4) is 0 Å². The average molecular weight is 1120 g/mol. The Balaban J connectivity index is 1.53. The van der Waals surface area contributed by atoms with Crippen molar-refractivity contribution < 1.29 is 57.4 Å². The van der Waals surface area contributed by atoms with E-state index in [1.54, 1.807) is 76.2 Å². The van der Waals surface area contributed by atoms with Crippen LogP contribution in [0.4, 0.5) is 0 Å². The summed E-state index contributed by atoms with van der Waals surface area (Å²) in [4.78, 5) is 163. The van der Waals surface area contributed by atoms with Gasteiger partial charge in [0.15, 0.2) is 0 Å². The van der Waals surface area contributed by atoms with Gasteiger partial charge in [-0.3, -0.25) is 48.3 Å². The fraction of sp³-hybridized carbons (Fsp3) is 0.500. The van der Waals surface area contributed by atoms with E-state index in [-0.39, 0.29) is 17.1 Å². The van der Waals surface area contributed by atoms with E-state index >= 15 is 0 Å². The zero-order valence-electron chi connectivity index (χ0n) is 45.7. The second-order valence-corrected chi connectivity index (χ2v) is 21.7. The second kappa shape index (κ2) is 27.7. The van der Waals surface area contributed by atoms with Crippen LogP contribution in [0.2, 0.25) is 0 Å². The number of carbonyl (C=O) groups excluding carboxylic acids is 10. The Morgan fingerprint density at radius 1 is 0.603 bits per heavy atom.